The molecule has 0 saturated carbocycles. The lowest BCUT2D eigenvalue weighted by Gasteiger charge is -2.41. The van der Waals surface area contributed by atoms with Crippen molar-refractivity contribution in [3.05, 3.63) is 34.7 Å². The van der Waals surface area contributed by atoms with Crippen molar-refractivity contribution in [2.24, 2.45) is 11.3 Å². The fourth-order valence-corrected chi connectivity index (χ4v) is 3.40. The molecule has 1 aromatic carbocycles. The first-order valence-electron chi connectivity index (χ1n) is 9.26. The normalized spacial score (nSPS) is 14.8. The molecule has 23 heavy (non-hydrogen) atoms. The molecular weight excluding hydrogens is 278 g/mol. The lowest BCUT2D eigenvalue weighted by atomic mass is 9.91. The van der Waals surface area contributed by atoms with E-state index in [1.807, 2.05) is 0 Å². The third-order valence-corrected chi connectivity index (χ3v) is 4.33. The van der Waals surface area contributed by atoms with Gasteiger partial charge in [0, 0.05) is 23.5 Å². The molecule has 0 aliphatic rings. The molecule has 0 bridgehead atoms. The Morgan fingerprint density at radius 1 is 1.13 bits per heavy atom. The largest absolute Gasteiger partial charge is 0.371 e. The third kappa shape index (κ3) is 5.71. The summed E-state index contributed by atoms with van der Waals surface area (Å²) in [6, 6.07) is 9.21. The molecule has 0 aliphatic carbocycles. The molecule has 130 valence electrons. The molecule has 1 aromatic rings. The molecule has 0 N–H and O–H groups in total. The summed E-state index contributed by atoms with van der Waals surface area (Å²) in [5.41, 5.74) is 1.74. The minimum atomic E-state index is 0.275. The monoisotopic (exact) mass is 315 g/mol. The Kier molecular flexibility index (Phi) is 7.38. The van der Waals surface area contributed by atoms with Crippen molar-refractivity contribution in [3.63, 3.8) is 0 Å². The molecule has 0 spiro atoms. The van der Waals surface area contributed by atoms with Crippen LogP contribution in [0.5, 0.6) is 0 Å². The lowest BCUT2D eigenvalue weighted by molar-refractivity contribution is 0.185. The first kappa shape index (κ1) is 19.8. The van der Waals surface area contributed by atoms with Gasteiger partial charge in [-0.25, -0.2) is 0 Å². The zero-order valence-corrected chi connectivity index (χ0v) is 16.4. The Morgan fingerprint density at radius 3 is 2.17 bits per heavy atom. The van der Waals surface area contributed by atoms with Crippen LogP contribution in [0.4, 0.5) is 0 Å². The van der Waals surface area contributed by atoms with E-state index in [2.05, 4.69) is 84.2 Å². The number of rotatable bonds is 7. The predicted molar refractivity (Wildman–Crippen MR) is 105 cm³/mol. The zero-order chi connectivity index (χ0) is 17.6. The van der Waals surface area contributed by atoms with Crippen LogP contribution in [-0.2, 0) is 0 Å². The van der Waals surface area contributed by atoms with Crippen LogP contribution >= 0.6 is 0 Å². The average molecular weight is 316 g/mol. The van der Waals surface area contributed by atoms with Crippen molar-refractivity contribution in [1.29, 1.82) is 0 Å². The second-order valence-corrected chi connectivity index (χ2v) is 8.24. The summed E-state index contributed by atoms with van der Waals surface area (Å²) < 4.78 is 0. The highest BCUT2D eigenvalue weighted by Crippen LogP contribution is 2.27. The Labute approximate surface area is 144 Å². The maximum atomic E-state index is 4.29. The first-order chi connectivity index (χ1) is 10.7. The van der Waals surface area contributed by atoms with Gasteiger partial charge in [0.2, 0.25) is 0 Å². The predicted octanol–water partition coefficient (Wildman–Crippen LogP) is 4.79. The van der Waals surface area contributed by atoms with E-state index in [1.54, 1.807) is 0 Å². The van der Waals surface area contributed by atoms with Crippen LogP contribution < -0.4 is 10.4 Å². The Balaban J connectivity index is 3.55. The van der Waals surface area contributed by atoms with Gasteiger partial charge in [0.05, 0.1) is 0 Å². The van der Waals surface area contributed by atoms with E-state index in [1.165, 1.54) is 30.2 Å². The summed E-state index contributed by atoms with van der Waals surface area (Å²) in [5.74, 6) is 0.492. The number of nitrogens with zero attached hydrogens (tertiary/aromatic N) is 1. The van der Waals surface area contributed by atoms with Crippen LogP contribution in [0.25, 0.3) is 12.3 Å². The van der Waals surface area contributed by atoms with E-state index >= 15 is 0 Å². The fourth-order valence-electron chi connectivity index (χ4n) is 3.40. The van der Waals surface area contributed by atoms with Gasteiger partial charge >= 0.3 is 0 Å². The van der Waals surface area contributed by atoms with Crippen molar-refractivity contribution >= 4 is 12.3 Å². The molecule has 1 atom stereocenters. The van der Waals surface area contributed by atoms with Crippen LogP contribution in [-0.4, -0.2) is 17.5 Å². The summed E-state index contributed by atoms with van der Waals surface area (Å²) in [6.45, 7) is 21.6. The molecule has 0 radical (unpaired) electrons. The molecule has 1 rings (SSSR count). The Bertz CT molecular complexity index is 577. The van der Waals surface area contributed by atoms with Crippen LogP contribution in [0.2, 0.25) is 0 Å². The van der Waals surface area contributed by atoms with E-state index in [0.29, 0.717) is 12.0 Å². The molecule has 0 heterocycles. The average Bonchev–Trinajstić information content (AvgIpc) is 2.44. The third-order valence-electron chi connectivity index (χ3n) is 4.33. The quantitative estimate of drug-likeness (QED) is 0.699. The van der Waals surface area contributed by atoms with Crippen molar-refractivity contribution in [2.45, 2.75) is 73.8 Å². The van der Waals surface area contributed by atoms with Crippen LogP contribution in [0, 0.1) is 11.3 Å². The van der Waals surface area contributed by atoms with Gasteiger partial charge in [-0.1, -0.05) is 85.7 Å². The molecule has 1 heteroatoms. The minimum absolute atomic E-state index is 0.275. The minimum Gasteiger partial charge on any atom is -0.371 e. The van der Waals surface area contributed by atoms with Gasteiger partial charge in [0.1, 0.15) is 0 Å². The highest BCUT2D eigenvalue weighted by atomic mass is 15.2. The van der Waals surface area contributed by atoms with Gasteiger partial charge in [-0.15, -0.1) is 0 Å². The molecule has 0 aromatic heterocycles. The smallest absolute Gasteiger partial charge is 0.0284 e. The fraction of sp³-hybridized carbons (Fsp3) is 0.636. The summed E-state index contributed by atoms with van der Waals surface area (Å²) in [6.07, 6.45) is 3.68. The zero-order valence-electron chi connectivity index (χ0n) is 16.4. The molecule has 0 aliphatic heterocycles. The van der Waals surface area contributed by atoms with Gasteiger partial charge in [-0.3, -0.25) is 0 Å². The topological polar surface area (TPSA) is 3.24 Å². The van der Waals surface area contributed by atoms with Crippen molar-refractivity contribution in [1.82, 2.24) is 4.90 Å². The molecule has 0 fully saturated rings. The van der Waals surface area contributed by atoms with E-state index in [0.717, 1.165) is 11.8 Å². The van der Waals surface area contributed by atoms with Gasteiger partial charge in [-0.2, -0.15) is 0 Å². The maximum Gasteiger partial charge on any atom is 0.0284 e. The number of benzene rings is 1. The summed E-state index contributed by atoms with van der Waals surface area (Å²) in [7, 11) is 0. The maximum absolute atomic E-state index is 4.29. The first-order valence-corrected chi connectivity index (χ1v) is 9.26. The standard InChI is InChI=1S/C22H37N/c1-9-13-19(10-2)23(16-22(6,7)8)21(17(3)4)20-15-12-11-14-18(20)5/h11-12,14-15,17,19H,5,9-10,13,16H2,1-4,6-8H3/b21-20+. The molecule has 1 nitrogen and oxygen atoms in total. The van der Waals surface area contributed by atoms with Crippen LogP contribution in [0.3, 0.4) is 0 Å². The molecule has 1 unspecified atom stereocenters. The van der Waals surface area contributed by atoms with E-state index in [9.17, 15) is 0 Å². The summed E-state index contributed by atoms with van der Waals surface area (Å²) in [5, 5.41) is 2.46. The van der Waals surface area contributed by atoms with E-state index in [4.69, 9.17) is 0 Å². The molecule has 0 saturated heterocycles. The highest BCUT2D eigenvalue weighted by molar-refractivity contribution is 5.46. The summed E-state index contributed by atoms with van der Waals surface area (Å²) in [4.78, 5) is 2.69. The van der Waals surface area contributed by atoms with Crippen molar-refractivity contribution < 1.29 is 0 Å². The Morgan fingerprint density at radius 2 is 1.74 bits per heavy atom. The van der Waals surface area contributed by atoms with Crippen LogP contribution in [0.15, 0.2) is 24.3 Å². The van der Waals surface area contributed by atoms with Gasteiger partial charge in [0.15, 0.2) is 0 Å². The number of hydrogen-bond donors (Lipinski definition) is 0. The highest BCUT2D eigenvalue weighted by Gasteiger charge is 2.26. The van der Waals surface area contributed by atoms with Crippen molar-refractivity contribution in [3.8, 4) is 0 Å². The van der Waals surface area contributed by atoms with Gasteiger partial charge in [-0.05, 0) is 29.4 Å². The Hall–Kier alpha value is -1.24. The van der Waals surface area contributed by atoms with E-state index in [-0.39, 0.29) is 5.41 Å². The number of hydrogen-bond acceptors (Lipinski definition) is 1. The summed E-state index contributed by atoms with van der Waals surface area (Å²) >= 11 is 0. The molecule has 0 amide bonds. The van der Waals surface area contributed by atoms with Gasteiger partial charge in [0.25, 0.3) is 0 Å². The second-order valence-electron chi connectivity index (χ2n) is 8.24. The van der Waals surface area contributed by atoms with Crippen LogP contribution in [0.1, 0.15) is 67.7 Å². The SMILES string of the molecule is C=c1cccc/c1=C(/C(C)C)N(CC(C)(C)C)C(CC)CCC. The van der Waals surface area contributed by atoms with Gasteiger partial charge < -0.3 is 4.90 Å². The van der Waals surface area contributed by atoms with Crippen molar-refractivity contribution in [2.75, 3.05) is 6.54 Å². The molecular formula is C22H37N. The second kappa shape index (κ2) is 8.57. The lowest BCUT2D eigenvalue weighted by Crippen LogP contribution is -2.45. The van der Waals surface area contributed by atoms with E-state index < -0.39 is 0 Å².